The van der Waals surface area contributed by atoms with E-state index >= 15 is 0 Å². The maximum absolute atomic E-state index is 13.0. The van der Waals surface area contributed by atoms with Crippen molar-refractivity contribution in [1.29, 1.82) is 0 Å². The predicted octanol–water partition coefficient (Wildman–Crippen LogP) is 4.30. The highest BCUT2D eigenvalue weighted by Crippen LogP contribution is 2.22. The number of ether oxygens (including phenoxy) is 1. The van der Waals surface area contributed by atoms with Crippen molar-refractivity contribution in [2.45, 2.75) is 26.4 Å². The molecule has 2 aromatic heterocycles. The van der Waals surface area contributed by atoms with Gasteiger partial charge < -0.3 is 13.7 Å². The van der Waals surface area contributed by atoms with E-state index in [0.29, 0.717) is 29.1 Å². The number of benzene rings is 2. The standard InChI is InChI=1S/C20H17FN4O3/c1-12(2)26-16-9-5-13(6-10-16)19-22-17(28-25-19)11-18-23-24-20(27-18)14-3-7-15(21)8-4-14/h3-10,12H,11H2,1-2H3. The molecule has 0 amide bonds. The SMILES string of the molecule is CC(C)Oc1ccc(-c2noc(Cc3nnc(-c4ccc(F)cc4)o3)n2)cc1. The molecule has 0 saturated carbocycles. The predicted molar refractivity (Wildman–Crippen MR) is 98.0 cm³/mol. The first-order valence-electron chi connectivity index (χ1n) is 8.75. The summed E-state index contributed by atoms with van der Waals surface area (Å²) in [6.07, 6.45) is 0.312. The molecular weight excluding hydrogens is 363 g/mol. The van der Waals surface area contributed by atoms with Gasteiger partial charge in [-0.05, 0) is 62.4 Å². The van der Waals surface area contributed by atoms with Gasteiger partial charge in [0.2, 0.25) is 23.5 Å². The Labute approximate surface area is 160 Å². The lowest BCUT2D eigenvalue weighted by atomic mass is 10.2. The van der Waals surface area contributed by atoms with Crippen LogP contribution in [-0.2, 0) is 6.42 Å². The van der Waals surface area contributed by atoms with Gasteiger partial charge in [-0.25, -0.2) is 4.39 Å². The second-order valence-electron chi connectivity index (χ2n) is 6.39. The summed E-state index contributed by atoms with van der Waals surface area (Å²) in [6, 6.07) is 13.3. The van der Waals surface area contributed by atoms with Gasteiger partial charge in [-0.2, -0.15) is 4.98 Å². The third kappa shape index (κ3) is 4.06. The topological polar surface area (TPSA) is 87.1 Å². The Kier molecular flexibility index (Phi) is 4.84. The van der Waals surface area contributed by atoms with Gasteiger partial charge in [0, 0.05) is 11.1 Å². The molecule has 0 saturated heterocycles. The molecule has 0 unspecified atom stereocenters. The molecule has 2 heterocycles. The molecular formula is C20H17FN4O3. The average molecular weight is 380 g/mol. The Hall–Kier alpha value is -3.55. The van der Waals surface area contributed by atoms with Gasteiger partial charge in [0.05, 0.1) is 6.10 Å². The minimum atomic E-state index is -0.328. The average Bonchev–Trinajstić information content (AvgIpc) is 3.33. The molecule has 0 radical (unpaired) electrons. The zero-order chi connectivity index (χ0) is 19.5. The summed E-state index contributed by atoms with van der Waals surface area (Å²) < 4.78 is 29.5. The van der Waals surface area contributed by atoms with Gasteiger partial charge in [-0.3, -0.25) is 0 Å². The van der Waals surface area contributed by atoms with Crippen molar-refractivity contribution in [2.75, 3.05) is 0 Å². The fraction of sp³-hybridized carbons (Fsp3) is 0.200. The van der Waals surface area contributed by atoms with Gasteiger partial charge in [0.1, 0.15) is 18.0 Å². The molecule has 0 aliphatic heterocycles. The second kappa shape index (κ2) is 7.59. The first kappa shape index (κ1) is 17.8. The summed E-state index contributed by atoms with van der Waals surface area (Å²) in [5, 5.41) is 11.9. The molecule has 28 heavy (non-hydrogen) atoms. The minimum Gasteiger partial charge on any atom is -0.491 e. The van der Waals surface area contributed by atoms with Crippen LogP contribution in [0.1, 0.15) is 25.6 Å². The highest BCUT2D eigenvalue weighted by molar-refractivity contribution is 5.55. The van der Waals surface area contributed by atoms with E-state index in [0.717, 1.165) is 11.3 Å². The van der Waals surface area contributed by atoms with E-state index in [-0.39, 0.29) is 18.3 Å². The van der Waals surface area contributed by atoms with E-state index in [4.69, 9.17) is 13.7 Å². The number of rotatable bonds is 6. The largest absolute Gasteiger partial charge is 0.491 e. The zero-order valence-corrected chi connectivity index (χ0v) is 15.3. The van der Waals surface area contributed by atoms with Gasteiger partial charge in [0.25, 0.3) is 0 Å². The van der Waals surface area contributed by atoms with Crippen molar-refractivity contribution in [3.05, 3.63) is 66.1 Å². The van der Waals surface area contributed by atoms with E-state index < -0.39 is 0 Å². The van der Waals surface area contributed by atoms with Crippen LogP contribution in [0.3, 0.4) is 0 Å². The third-order valence-corrected chi connectivity index (χ3v) is 3.81. The summed E-state index contributed by atoms with van der Waals surface area (Å²) >= 11 is 0. The Morgan fingerprint density at radius 1 is 0.929 bits per heavy atom. The van der Waals surface area contributed by atoms with Crippen molar-refractivity contribution in [3.63, 3.8) is 0 Å². The monoisotopic (exact) mass is 380 g/mol. The highest BCUT2D eigenvalue weighted by Gasteiger charge is 2.14. The Morgan fingerprint density at radius 3 is 2.36 bits per heavy atom. The number of aromatic nitrogens is 4. The van der Waals surface area contributed by atoms with Crippen LogP contribution in [0.5, 0.6) is 5.75 Å². The fourth-order valence-corrected chi connectivity index (χ4v) is 2.56. The second-order valence-corrected chi connectivity index (χ2v) is 6.39. The molecule has 0 aliphatic rings. The van der Waals surface area contributed by atoms with E-state index in [1.165, 1.54) is 12.1 Å². The molecule has 0 N–H and O–H groups in total. The van der Waals surface area contributed by atoms with Gasteiger partial charge >= 0.3 is 0 Å². The minimum absolute atomic E-state index is 0.108. The fourth-order valence-electron chi connectivity index (χ4n) is 2.56. The molecule has 0 bridgehead atoms. The van der Waals surface area contributed by atoms with Crippen LogP contribution in [-0.4, -0.2) is 26.4 Å². The van der Waals surface area contributed by atoms with E-state index in [1.54, 1.807) is 12.1 Å². The lowest BCUT2D eigenvalue weighted by molar-refractivity contribution is 0.242. The summed E-state index contributed by atoms with van der Waals surface area (Å²) in [5.74, 6) is 1.90. The van der Waals surface area contributed by atoms with Crippen LogP contribution in [0.2, 0.25) is 0 Å². The molecule has 2 aromatic carbocycles. The van der Waals surface area contributed by atoms with Gasteiger partial charge in [-0.15, -0.1) is 10.2 Å². The lowest BCUT2D eigenvalue weighted by Crippen LogP contribution is -2.05. The first-order chi connectivity index (χ1) is 13.6. The number of halogens is 1. The molecule has 0 atom stereocenters. The third-order valence-electron chi connectivity index (χ3n) is 3.81. The van der Waals surface area contributed by atoms with Crippen LogP contribution in [0.4, 0.5) is 4.39 Å². The summed E-state index contributed by atoms with van der Waals surface area (Å²) in [6.45, 7) is 3.94. The van der Waals surface area contributed by atoms with Crippen molar-refractivity contribution in [3.8, 4) is 28.6 Å². The quantitative estimate of drug-likeness (QED) is 0.493. The highest BCUT2D eigenvalue weighted by atomic mass is 19.1. The normalized spacial score (nSPS) is 11.1. The molecule has 8 heteroatoms. The van der Waals surface area contributed by atoms with Crippen LogP contribution in [0.25, 0.3) is 22.8 Å². The lowest BCUT2D eigenvalue weighted by Gasteiger charge is -2.09. The maximum Gasteiger partial charge on any atom is 0.247 e. The maximum atomic E-state index is 13.0. The Bertz CT molecular complexity index is 1060. The molecule has 0 fully saturated rings. The van der Waals surface area contributed by atoms with Crippen LogP contribution in [0.15, 0.2) is 57.5 Å². The van der Waals surface area contributed by atoms with Crippen molar-refractivity contribution in [1.82, 2.24) is 20.3 Å². The molecule has 0 aliphatic carbocycles. The molecule has 4 aromatic rings. The van der Waals surface area contributed by atoms with Crippen LogP contribution < -0.4 is 4.74 Å². The first-order valence-corrected chi connectivity index (χ1v) is 8.75. The number of nitrogens with zero attached hydrogens (tertiary/aromatic N) is 4. The van der Waals surface area contributed by atoms with Crippen molar-refractivity contribution < 1.29 is 18.1 Å². The zero-order valence-electron chi connectivity index (χ0n) is 15.3. The van der Waals surface area contributed by atoms with Gasteiger partial charge in [-0.1, -0.05) is 5.16 Å². The summed E-state index contributed by atoms with van der Waals surface area (Å²) in [5.41, 5.74) is 1.44. The number of hydrogen-bond donors (Lipinski definition) is 0. The molecule has 0 spiro atoms. The Morgan fingerprint density at radius 2 is 1.64 bits per heavy atom. The van der Waals surface area contributed by atoms with E-state index in [9.17, 15) is 4.39 Å². The van der Waals surface area contributed by atoms with E-state index in [1.807, 2.05) is 38.1 Å². The summed E-state index contributed by atoms with van der Waals surface area (Å²) in [7, 11) is 0. The molecule has 142 valence electrons. The van der Waals surface area contributed by atoms with E-state index in [2.05, 4.69) is 20.3 Å². The smallest absolute Gasteiger partial charge is 0.247 e. The van der Waals surface area contributed by atoms with Crippen molar-refractivity contribution >= 4 is 0 Å². The van der Waals surface area contributed by atoms with Gasteiger partial charge in [0.15, 0.2) is 0 Å². The Balaban J connectivity index is 1.46. The molecule has 7 nitrogen and oxygen atoms in total. The van der Waals surface area contributed by atoms with Crippen LogP contribution >= 0.6 is 0 Å². The summed E-state index contributed by atoms with van der Waals surface area (Å²) in [4.78, 5) is 4.36. The van der Waals surface area contributed by atoms with Crippen LogP contribution in [0, 0.1) is 5.82 Å². The molecule has 4 rings (SSSR count). The van der Waals surface area contributed by atoms with Crippen molar-refractivity contribution in [2.24, 2.45) is 0 Å². The number of hydrogen-bond acceptors (Lipinski definition) is 7.